The quantitative estimate of drug-likeness (QED) is 0.905. The minimum atomic E-state index is 0.262. The second-order valence-corrected chi connectivity index (χ2v) is 5.29. The number of anilines is 1. The number of nitrogens with zero attached hydrogens (tertiary/aromatic N) is 4. The van der Waals surface area contributed by atoms with Gasteiger partial charge >= 0.3 is 0 Å². The van der Waals surface area contributed by atoms with Gasteiger partial charge in [-0.3, -0.25) is 9.67 Å². The van der Waals surface area contributed by atoms with Gasteiger partial charge < -0.3 is 10.2 Å². The lowest BCUT2D eigenvalue weighted by molar-refractivity contribution is 0.571. The molecule has 0 unspecified atom stereocenters. The minimum Gasteiger partial charge on any atom is -0.363 e. The van der Waals surface area contributed by atoms with Gasteiger partial charge in [0.15, 0.2) is 0 Å². The number of pyridine rings is 1. The third kappa shape index (κ3) is 2.99. The fourth-order valence-corrected chi connectivity index (χ4v) is 2.46. The molecule has 0 bridgehead atoms. The van der Waals surface area contributed by atoms with Crippen molar-refractivity contribution >= 4 is 5.82 Å². The van der Waals surface area contributed by atoms with E-state index in [0.717, 1.165) is 18.1 Å². The number of hydrogen-bond donors (Lipinski definition) is 1. The molecule has 0 aliphatic heterocycles. The van der Waals surface area contributed by atoms with E-state index in [1.807, 2.05) is 38.1 Å². The van der Waals surface area contributed by atoms with Gasteiger partial charge in [0.05, 0.1) is 5.69 Å². The molecule has 0 amide bonds. The second-order valence-electron chi connectivity index (χ2n) is 5.29. The zero-order valence-electron chi connectivity index (χ0n) is 12.9. The highest BCUT2D eigenvalue weighted by Gasteiger charge is 2.15. The van der Waals surface area contributed by atoms with Gasteiger partial charge in [-0.05, 0) is 25.5 Å². The first-order chi connectivity index (χ1) is 9.50. The summed E-state index contributed by atoms with van der Waals surface area (Å²) in [4.78, 5) is 6.27. The van der Waals surface area contributed by atoms with Crippen molar-refractivity contribution in [1.29, 1.82) is 0 Å². The third-order valence-electron chi connectivity index (χ3n) is 3.51. The monoisotopic (exact) mass is 273 g/mol. The maximum Gasteiger partial charge on any atom is 0.130 e. The first kappa shape index (κ1) is 14.5. The lowest BCUT2D eigenvalue weighted by Crippen LogP contribution is -2.21. The van der Waals surface area contributed by atoms with Crippen molar-refractivity contribution in [3.05, 3.63) is 41.3 Å². The Morgan fingerprint density at radius 2 is 2.15 bits per heavy atom. The maximum atomic E-state index is 4.51. The Kier molecular flexibility index (Phi) is 4.39. The van der Waals surface area contributed by atoms with Crippen LogP contribution in [0.5, 0.6) is 0 Å². The van der Waals surface area contributed by atoms with Crippen LogP contribution in [0.2, 0.25) is 0 Å². The lowest BCUT2D eigenvalue weighted by atomic mass is 10.1. The predicted octanol–water partition coefficient (Wildman–Crippen LogP) is 2.04. The molecule has 1 atom stereocenters. The molecule has 5 nitrogen and oxygen atoms in total. The van der Waals surface area contributed by atoms with E-state index in [9.17, 15) is 0 Å². The van der Waals surface area contributed by atoms with Crippen LogP contribution >= 0.6 is 0 Å². The molecule has 1 N–H and O–H groups in total. The summed E-state index contributed by atoms with van der Waals surface area (Å²) in [5.41, 5.74) is 3.51. The molecule has 2 rings (SSSR count). The Balaban J connectivity index is 2.12. The topological polar surface area (TPSA) is 46.0 Å². The average molecular weight is 273 g/mol. The molecule has 20 heavy (non-hydrogen) atoms. The lowest BCUT2D eigenvalue weighted by Gasteiger charge is -2.18. The van der Waals surface area contributed by atoms with Crippen LogP contribution in [-0.4, -0.2) is 28.9 Å². The van der Waals surface area contributed by atoms with Gasteiger partial charge in [0.25, 0.3) is 0 Å². The maximum absolute atomic E-state index is 4.51. The molecular formula is C15H23N5. The molecular weight excluding hydrogens is 250 g/mol. The van der Waals surface area contributed by atoms with Crippen LogP contribution in [0, 0.1) is 6.92 Å². The zero-order valence-corrected chi connectivity index (χ0v) is 12.9. The Labute approximate surface area is 120 Å². The summed E-state index contributed by atoms with van der Waals surface area (Å²) < 4.78 is 1.93. The largest absolute Gasteiger partial charge is 0.363 e. The molecule has 0 aromatic carbocycles. The fraction of sp³-hybridized carbons (Fsp3) is 0.467. The van der Waals surface area contributed by atoms with Crippen molar-refractivity contribution in [2.24, 2.45) is 7.05 Å². The Morgan fingerprint density at radius 1 is 1.40 bits per heavy atom. The van der Waals surface area contributed by atoms with E-state index < -0.39 is 0 Å². The molecule has 0 saturated heterocycles. The molecule has 2 aromatic rings. The van der Waals surface area contributed by atoms with E-state index in [1.165, 1.54) is 11.1 Å². The highest BCUT2D eigenvalue weighted by Crippen LogP contribution is 2.22. The molecule has 0 aliphatic carbocycles. The molecule has 2 heterocycles. The van der Waals surface area contributed by atoms with Crippen molar-refractivity contribution in [3.8, 4) is 0 Å². The standard InChI is InChI=1S/C15H23N5/c1-11(13-7-6-8-16-9-13)17-10-14-12(2)18-20(5)15(14)19(3)4/h6-9,11,17H,10H2,1-5H3/t11-/m0/s1. The van der Waals surface area contributed by atoms with E-state index in [-0.39, 0.29) is 6.04 Å². The Bertz CT molecular complexity index is 559. The zero-order chi connectivity index (χ0) is 14.7. The molecule has 0 saturated carbocycles. The summed E-state index contributed by atoms with van der Waals surface area (Å²) in [6, 6.07) is 4.32. The summed E-state index contributed by atoms with van der Waals surface area (Å²) in [5.74, 6) is 1.15. The van der Waals surface area contributed by atoms with Crippen molar-refractivity contribution < 1.29 is 0 Å². The van der Waals surface area contributed by atoms with Gasteiger partial charge in [0.1, 0.15) is 5.82 Å². The van der Waals surface area contributed by atoms with Crippen LogP contribution in [0.3, 0.4) is 0 Å². The Hall–Kier alpha value is -1.88. The molecule has 0 spiro atoms. The molecule has 2 aromatic heterocycles. The molecule has 0 aliphatic rings. The normalized spacial score (nSPS) is 12.4. The number of rotatable bonds is 5. The molecule has 0 fully saturated rings. The average Bonchev–Trinajstić information content (AvgIpc) is 2.71. The third-order valence-corrected chi connectivity index (χ3v) is 3.51. The highest BCUT2D eigenvalue weighted by molar-refractivity contribution is 5.48. The van der Waals surface area contributed by atoms with Gasteiger partial charge in [-0.1, -0.05) is 6.07 Å². The number of hydrogen-bond acceptors (Lipinski definition) is 4. The van der Waals surface area contributed by atoms with Crippen molar-refractivity contribution in [1.82, 2.24) is 20.1 Å². The summed E-state index contributed by atoms with van der Waals surface area (Å²) in [5, 5.41) is 8.05. The van der Waals surface area contributed by atoms with Gasteiger partial charge in [0, 0.05) is 51.7 Å². The smallest absolute Gasteiger partial charge is 0.130 e. The van der Waals surface area contributed by atoms with Gasteiger partial charge in [-0.15, -0.1) is 0 Å². The fourth-order valence-electron chi connectivity index (χ4n) is 2.46. The second kappa shape index (κ2) is 6.05. The minimum absolute atomic E-state index is 0.262. The molecule has 5 heteroatoms. The van der Waals surface area contributed by atoms with Crippen molar-refractivity contribution in [2.75, 3.05) is 19.0 Å². The van der Waals surface area contributed by atoms with E-state index in [4.69, 9.17) is 0 Å². The van der Waals surface area contributed by atoms with E-state index in [0.29, 0.717) is 0 Å². The van der Waals surface area contributed by atoms with E-state index in [2.05, 4.69) is 40.2 Å². The SMILES string of the molecule is Cc1nn(C)c(N(C)C)c1CN[C@@H](C)c1cccnc1. The van der Waals surface area contributed by atoms with Gasteiger partial charge in [-0.25, -0.2) is 0 Å². The Morgan fingerprint density at radius 3 is 2.75 bits per heavy atom. The van der Waals surface area contributed by atoms with Crippen molar-refractivity contribution in [2.45, 2.75) is 26.4 Å². The van der Waals surface area contributed by atoms with E-state index in [1.54, 1.807) is 6.20 Å². The van der Waals surface area contributed by atoms with Crippen molar-refractivity contribution in [3.63, 3.8) is 0 Å². The van der Waals surface area contributed by atoms with Crippen LogP contribution in [0.25, 0.3) is 0 Å². The van der Waals surface area contributed by atoms with Gasteiger partial charge in [0.2, 0.25) is 0 Å². The summed E-state index contributed by atoms with van der Waals surface area (Å²) in [6.45, 7) is 5.00. The highest BCUT2D eigenvalue weighted by atomic mass is 15.4. The van der Waals surface area contributed by atoms with Crippen LogP contribution in [0.1, 0.15) is 29.8 Å². The molecule has 108 valence electrons. The number of aromatic nitrogens is 3. The summed E-state index contributed by atoms with van der Waals surface area (Å²) >= 11 is 0. The molecule has 0 radical (unpaired) electrons. The van der Waals surface area contributed by atoms with Crippen LogP contribution in [0.15, 0.2) is 24.5 Å². The van der Waals surface area contributed by atoms with E-state index >= 15 is 0 Å². The first-order valence-corrected chi connectivity index (χ1v) is 6.83. The van der Waals surface area contributed by atoms with Crippen LogP contribution < -0.4 is 10.2 Å². The first-order valence-electron chi connectivity index (χ1n) is 6.83. The predicted molar refractivity (Wildman–Crippen MR) is 81.8 cm³/mol. The van der Waals surface area contributed by atoms with Crippen LogP contribution in [0.4, 0.5) is 5.82 Å². The number of aryl methyl sites for hydroxylation is 2. The summed E-state index contributed by atoms with van der Waals surface area (Å²) in [6.07, 6.45) is 3.70. The van der Waals surface area contributed by atoms with Gasteiger partial charge in [-0.2, -0.15) is 5.10 Å². The summed E-state index contributed by atoms with van der Waals surface area (Å²) in [7, 11) is 6.07. The number of nitrogens with one attached hydrogen (secondary N) is 1. The van der Waals surface area contributed by atoms with Crippen LogP contribution in [-0.2, 0) is 13.6 Å².